The average molecular weight is 702 g/mol. The largest absolute Gasteiger partial charge is 0.496 e. The second-order valence-corrected chi connectivity index (χ2v) is 12.9. The molecule has 0 saturated carbocycles. The highest BCUT2D eigenvalue weighted by molar-refractivity contribution is 6.11. The van der Waals surface area contributed by atoms with Gasteiger partial charge in [0.25, 0.3) is 11.8 Å². The van der Waals surface area contributed by atoms with Gasteiger partial charge < -0.3 is 34.5 Å². The SMILES string of the molecule is COc1cc(C(=O)N(C)c2ccc(C)cc2OCCCCC(=C=O)N2CCN(C)CC2)ccc1C(=O)Nc1cccc2nc(-c3cccnc3)[nH]c12. The van der Waals surface area contributed by atoms with Crippen molar-refractivity contribution in [1.82, 2.24) is 24.8 Å². The first-order chi connectivity index (χ1) is 25.2. The minimum absolute atomic E-state index is 0.255. The van der Waals surface area contributed by atoms with Gasteiger partial charge >= 0.3 is 0 Å². The highest BCUT2D eigenvalue weighted by atomic mass is 16.5. The number of benzene rings is 3. The molecule has 1 fully saturated rings. The normalized spacial score (nSPS) is 13.0. The van der Waals surface area contributed by atoms with Crippen molar-refractivity contribution in [3.05, 3.63) is 102 Å². The summed E-state index contributed by atoms with van der Waals surface area (Å²) in [6.07, 6.45) is 5.59. The van der Waals surface area contributed by atoms with Crippen molar-refractivity contribution in [3.8, 4) is 22.9 Å². The van der Waals surface area contributed by atoms with Gasteiger partial charge in [-0.15, -0.1) is 0 Å². The zero-order valence-corrected chi connectivity index (χ0v) is 29.9. The zero-order chi connectivity index (χ0) is 36.6. The number of H-pyrrole nitrogens is 1. The number of aromatic nitrogens is 3. The number of hydrogen-bond donors (Lipinski definition) is 2. The number of pyridine rings is 1. The number of anilines is 2. The molecule has 0 unspecified atom stereocenters. The summed E-state index contributed by atoms with van der Waals surface area (Å²) in [5.74, 6) is 2.93. The first-order valence-electron chi connectivity index (χ1n) is 17.3. The second kappa shape index (κ2) is 16.4. The minimum Gasteiger partial charge on any atom is -0.496 e. The van der Waals surface area contributed by atoms with Crippen LogP contribution >= 0.6 is 0 Å². The van der Waals surface area contributed by atoms with Crippen LogP contribution < -0.4 is 19.7 Å². The van der Waals surface area contributed by atoms with Gasteiger partial charge in [0, 0.05) is 56.7 Å². The number of carbonyl (C=O) groups is 2. The summed E-state index contributed by atoms with van der Waals surface area (Å²) in [6, 6.07) is 19.7. The number of rotatable bonds is 13. The van der Waals surface area contributed by atoms with Crippen molar-refractivity contribution in [3.63, 3.8) is 0 Å². The number of unbranched alkanes of at least 4 members (excludes halogenated alkanes) is 1. The fraction of sp³-hybridized carbons (Fsp3) is 0.300. The number of aromatic amines is 1. The van der Waals surface area contributed by atoms with Gasteiger partial charge in [-0.3, -0.25) is 14.6 Å². The summed E-state index contributed by atoms with van der Waals surface area (Å²) in [5.41, 5.74) is 5.68. The third kappa shape index (κ3) is 8.15. The molecule has 2 aromatic heterocycles. The van der Waals surface area contributed by atoms with Crippen LogP contribution in [0.1, 0.15) is 45.5 Å². The highest BCUT2D eigenvalue weighted by Crippen LogP contribution is 2.32. The average Bonchev–Trinajstić information content (AvgIpc) is 3.62. The van der Waals surface area contributed by atoms with E-state index < -0.39 is 5.91 Å². The van der Waals surface area contributed by atoms with Crippen molar-refractivity contribution in [2.24, 2.45) is 0 Å². The molecule has 0 spiro atoms. The second-order valence-electron chi connectivity index (χ2n) is 12.9. The van der Waals surface area contributed by atoms with Crippen molar-refractivity contribution < 1.29 is 23.9 Å². The Morgan fingerprint density at radius 3 is 2.58 bits per heavy atom. The molecule has 12 nitrogen and oxygen atoms in total. The molecule has 12 heteroatoms. The molecule has 268 valence electrons. The third-order valence-electron chi connectivity index (χ3n) is 9.24. The number of fused-ring (bicyclic) bond motifs is 1. The van der Waals surface area contributed by atoms with E-state index in [9.17, 15) is 14.4 Å². The van der Waals surface area contributed by atoms with Crippen molar-refractivity contribution in [2.75, 3.05) is 64.2 Å². The predicted molar refractivity (Wildman–Crippen MR) is 202 cm³/mol. The predicted octanol–water partition coefficient (Wildman–Crippen LogP) is 5.98. The first kappa shape index (κ1) is 35.8. The fourth-order valence-corrected chi connectivity index (χ4v) is 6.22. The van der Waals surface area contributed by atoms with E-state index >= 15 is 0 Å². The van der Waals surface area contributed by atoms with E-state index in [1.54, 1.807) is 43.7 Å². The van der Waals surface area contributed by atoms with Gasteiger partial charge in [0.15, 0.2) is 0 Å². The van der Waals surface area contributed by atoms with E-state index in [1.165, 1.54) is 12.0 Å². The number of aryl methyl sites for hydroxylation is 1. The Morgan fingerprint density at radius 1 is 1.00 bits per heavy atom. The highest BCUT2D eigenvalue weighted by Gasteiger charge is 2.22. The van der Waals surface area contributed by atoms with Crippen molar-refractivity contribution in [1.29, 1.82) is 0 Å². The molecular weight excluding hydrogens is 658 g/mol. The Morgan fingerprint density at radius 2 is 1.83 bits per heavy atom. The maximum atomic E-state index is 13.8. The van der Waals surface area contributed by atoms with Gasteiger partial charge in [0.05, 0.1) is 47.4 Å². The number of nitrogens with zero attached hydrogens (tertiary/aromatic N) is 5. The monoisotopic (exact) mass is 701 g/mol. The Bertz CT molecular complexity index is 2100. The molecule has 1 saturated heterocycles. The van der Waals surface area contributed by atoms with Crippen LogP contribution in [0.4, 0.5) is 11.4 Å². The lowest BCUT2D eigenvalue weighted by atomic mass is 10.1. The van der Waals surface area contributed by atoms with E-state index in [1.807, 2.05) is 49.4 Å². The molecule has 0 radical (unpaired) electrons. The lowest BCUT2D eigenvalue weighted by Gasteiger charge is -2.34. The van der Waals surface area contributed by atoms with Crippen molar-refractivity contribution >= 4 is 40.2 Å². The number of methoxy groups -OCH3 is 1. The van der Waals surface area contributed by atoms with Crippen LogP contribution in [-0.2, 0) is 4.79 Å². The molecule has 1 aliphatic heterocycles. The summed E-state index contributed by atoms with van der Waals surface area (Å²) in [7, 11) is 5.24. The van der Waals surface area contributed by atoms with E-state index in [0.717, 1.165) is 55.8 Å². The van der Waals surface area contributed by atoms with Crippen LogP contribution in [0.25, 0.3) is 22.4 Å². The molecule has 1 aliphatic rings. The standard InChI is InChI=1S/C40H43N7O5/c1-27-13-16-34(36(23-27)52-22-6-5-10-30(26-48)47-20-18-45(2)19-21-47)46(3)40(50)28-14-15-31(35(24-28)51-4)39(49)43-33-12-7-11-32-37(33)44-38(42-32)29-9-8-17-41-25-29/h7-9,11-17,23-25H,5-6,10,18-22H2,1-4H3,(H,42,44)(H,43,49). The number of allylic oxidation sites excluding steroid dienone is 1. The number of ether oxygens (including phenoxy) is 2. The number of carbonyl (C=O) groups excluding carboxylic acids is 3. The topological polar surface area (TPSA) is 133 Å². The molecule has 5 aromatic rings. The number of hydrogen-bond acceptors (Lipinski definition) is 9. The summed E-state index contributed by atoms with van der Waals surface area (Å²) in [6.45, 7) is 5.94. The number of imidazole rings is 1. The summed E-state index contributed by atoms with van der Waals surface area (Å²) in [4.78, 5) is 57.0. The van der Waals surface area contributed by atoms with Crippen molar-refractivity contribution in [2.45, 2.75) is 26.2 Å². The molecule has 0 aliphatic carbocycles. The lowest BCUT2D eigenvalue weighted by molar-refractivity contribution is 0.0987. The number of para-hydroxylation sites is 1. The summed E-state index contributed by atoms with van der Waals surface area (Å²) in [5, 5.41) is 2.96. The summed E-state index contributed by atoms with van der Waals surface area (Å²) >= 11 is 0. The van der Waals surface area contributed by atoms with Crippen LogP contribution in [0.3, 0.4) is 0 Å². The Hall–Kier alpha value is -5.97. The molecule has 6 rings (SSSR count). The van der Waals surface area contributed by atoms with Gasteiger partial charge in [-0.25, -0.2) is 9.78 Å². The number of amides is 2. The zero-order valence-electron chi connectivity index (χ0n) is 29.9. The van der Waals surface area contributed by atoms with E-state index in [2.05, 4.69) is 43.1 Å². The van der Waals surface area contributed by atoms with Crippen LogP contribution in [0.2, 0.25) is 0 Å². The molecule has 3 heterocycles. The van der Waals surface area contributed by atoms with Crippen LogP contribution in [0.15, 0.2) is 84.8 Å². The van der Waals surface area contributed by atoms with E-state index in [0.29, 0.717) is 52.6 Å². The number of nitrogens with one attached hydrogen (secondary N) is 2. The quantitative estimate of drug-likeness (QED) is 0.112. The Kier molecular flexibility index (Phi) is 11.3. The smallest absolute Gasteiger partial charge is 0.259 e. The van der Waals surface area contributed by atoms with Crippen LogP contribution in [-0.4, -0.2) is 96.5 Å². The van der Waals surface area contributed by atoms with Gasteiger partial charge in [0.2, 0.25) is 0 Å². The third-order valence-corrected chi connectivity index (χ3v) is 9.24. The molecule has 0 atom stereocenters. The van der Waals surface area contributed by atoms with E-state index in [4.69, 9.17) is 9.47 Å². The maximum Gasteiger partial charge on any atom is 0.259 e. The molecule has 2 amide bonds. The Balaban J connectivity index is 1.11. The first-order valence-corrected chi connectivity index (χ1v) is 17.3. The minimum atomic E-state index is -0.400. The number of piperazine rings is 1. The van der Waals surface area contributed by atoms with Gasteiger partial charge in [-0.2, -0.15) is 0 Å². The molecule has 0 bridgehead atoms. The molecule has 2 N–H and O–H groups in total. The molecule has 52 heavy (non-hydrogen) atoms. The summed E-state index contributed by atoms with van der Waals surface area (Å²) < 4.78 is 11.8. The number of likely N-dealkylation sites (N-methyl/N-ethyl adjacent to an activating group) is 1. The van der Waals surface area contributed by atoms with Gasteiger partial charge in [-0.1, -0.05) is 12.1 Å². The van der Waals surface area contributed by atoms with Crippen LogP contribution in [0, 0.1) is 6.92 Å². The molecular formula is C40H43N7O5. The van der Waals surface area contributed by atoms with Gasteiger partial charge in [0.1, 0.15) is 23.3 Å². The van der Waals surface area contributed by atoms with Gasteiger partial charge in [-0.05, 0) is 93.4 Å². The lowest BCUT2D eigenvalue weighted by Crippen LogP contribution is -2.44. The molecule has 3 aromatic carbocycles. The maximum absolute atomic E-state index is 13.8. The Labute approximate surface area is 303 Å². The van der Waals surface area contributed by atoms with E-state index in [-0.39, 0.29) is 17.2 Å². The van der Waals surface area contributed by atoms with Crippen LogP contribution in [0.5, 0.6) is 11.5 Å². The fourth-order valence-electron chi connectivity index (χ4n) is 6.22.